The molecule has 1 aromatic rings. The molecule has 1 fully saturated rings. The van der Waals surface area contributed by atoms with Crippen molar-refractivity contribution in [3.05, 3.63) is 17.1 Å². The topological polar surface area (TPSA) is 107 Å². The molecule has 1 aliphatic rings. The van der Waals surface area contributed by atoms with Crippen LogP contribution in [0.2, 0.25) is 0 Å². The number of aryl methyl sites for hydroxylation is 1. The molecular weight excluding hydrogens is 319 g/mol. The van der Waals surface area contributed by atoms with Crippen LogP contribution in [0.1, 0.15) is 49.1 Å². The van der Waals surface area contributed by atoms with Gasteiger partial charge in [-0.15, -0.1) is 0 Å². The van der Waals surface area contributed by atoms with Gasteiger partial charge >= 0.3 is 25.0 Å². The van der Waals surface area contributed by atoms with Gasteiger partial charge < -0.3 is 24.9 Å². The SMILES string of the molecule is Cc1nc(C(=O)[O-])nc(N2CC[C@@H](NC(=O)OC(C)(C)C)C2)c1C.[Li+]. The smallest absolute Gasteiger partial charge is 0.542 e. The average Bonchev–Trinajstić information content (AvgIpc) is 2.87. The van der Waals surface area contributed by atoms with Gasteiger partial charge in [0.15, 0.2) is 5.82 Å². The van der Waals surface area contributed by atoms with E-state index in [2.05, 4.69) is 15.3 Å². The summed E-state index contributed by atoms with van der Waals surface area (Å²) in [6, 6.07) is -0.0825. The van der Waals surface area contributed by atoms with Crippen LogP contribution < -0.4 is 34.2 Å². The fourth-order valence-electron chi connectivity index (χ4n) is 2.56. The first-order chi connectivity index (χ1) is 11.1. The Hall–Kier alpha value is -1.78. The van der Waals surface area contributed by atoms with Crippen LogP contribution in [-0.2, 0) is 4.74 Å². The van der Waals surface area contributed by atoms with Crippen molar-refractivity contribution in [1.29, 1.82) is 0 Å². The fraction of sp³-hybridized carbons (Fsp3) is 0.625. The summed E-state index contributed by atoms with van der Waals surface area (Å²) >= 11 is 0. The van der Waals surface area contributed by atoms with Crippen LogP contribution in [0.4, 0.5) is 10.6 Å². The monoisotopic (exact) mass is 342 g/mol. The van der Waals surface area contributed by atoms with Gasteiger partial charge in [0, 0.05) is 24.3 Å². The number of alkyl carbamates (subject to hydrolysis) is 1. The molecule has 0 unspecified atom stereocenters. The van der Waals surface area contributed by atoms with Crippen LogP contribution in [0.3, 0.4) is 0 Å². The largest absolute Gasteiger partial charge is 1.00 e. The molecule has 1 aromatic heterocycles. The van der Waals surface area contributed by atoms with Crippen molar-refractivity contribution < 1.29 is 38.3 Å². The summed E-state index contributed by atoms with van der Waals surface area (Å²) in [6.07, 6.45) is 0.267. The Kier molecular flexibility index (Phi) is 6.86. The second kappa shape index (κ2) is 8.06. The van der Waals surface area contributed by atoms with E-state index in [-0.39, 0.29) is 30.7 Å². The van der Waals surface area contributed by atoms with Crippen LogP contribution in [0.25, 0.3) is 0 Å². The Bertz CT molecular complexity index is 660. The average molecular weight is 342 g/mol. The van der Waals surface area contributed by atoms with E-state index in [0.29, 0.717) is 24.6 Å². The summed E-state index contributed by atoms with van der Waals surface area (Å²) in [5.74, 6) is -1.16. The van der Waals surface area contributed by atoms with Gasteiger partial charge in [-0.25, -0.2) is 14.8 Å². The van der Waals surface area contributed by atoms with Crippen molar-refractivity contribution in [3.63, 3.8) is 0 Å². The minimum Gasteiger partial charge on any atom is -0.542 e. The summed E-state index contributed by atoms with van der Waals surface area (Å²) in [5, 5.41) is 13.9. The molecule has 0 radical (unpaired) electrons. The summed E-state index contributed by atoms with van der Waals surface area (Å²) < 4.78 is 5.25. The van der Waals surface area contributed by atoms with Gasteiger partial charge in [-0.2, -0.15) is 0 Å². The molecule has 2 rings (SSSR count). The van der Waals surface area contributed by atoms with E-state index < -0.39 is 17.7 Å². The number of carbonyl (C=O) groups excluding carboxylic acids is 2. The second-order valence-corrected chi connectivity index (χ2v) is 6.95. The number of nitrogens with one attached hydrogen (secondary N) is 1. The number of carboxylic acids is 1. The van der Waals surface area contributed by atoms with Crippen LogP contribution in [0, 0.1) is 13.8 Å². The minimum atomic E-state index is -1.40. The van der Waals surface area contributed by atoms with E-state index in [1.54, 1.807) is 6.92 Å². The second-order valence-electron chi connectivity index (χ2n) is 6.95. The van der Waals surface area contributed by atoms with Crippen molar-refractivity contribution in [2.75, 3.05) is 18.0 Å². The molecule has 1 N–H and O–H groups in total. The van der Waals surface area contributed by atoms with Crippen molar-refractivity contribution in [2.45, 2.75) is 52.7 Å². The number of carboxylic acid groups (broad SMARTS) is 1. The van der Waals surface area contributed by atoms with E-state index in [4.69, 9.17) is 4.74 Å². The normalized spacial score (nSPS) is 17.0. The third kappa shape index (κ3) is 5.61. The van der Waals surface area contributed by atoms with E-state index in [1.807, 2.05) is 32.6 Å². The zero-order valence-corrected chi connectivity index (χ0v) is 15.7. The molecule has 9 heteroatoms. The molecule has 0 aliphatic carbocycles. The molecule has 0 spiro atoms. The first-order valence-electron chi connectivity index (χ1n) is 7.88. The molecule has 0 bridgehead atoms. The van der Waals surface area contributed by atoms with Crippen molar-refractivity contribution in [1.82, 2.24) is 15.3 Å². The number of nitrogens with zero attached hydrogens (tertiary/aromatic N) is 3. The first-order valence-corrected chi connectivity index (χ1v) is 7.88. The summed E-state index contributed by atoms with van der Waals surface area (Å²) in [5.41, 5.74) is 0.868. The summed E-state index contributed by atoms with van der Waals surface area (Å²) in [6.45, 7) is 10.2. The summed E-state index contributed by atoms with van der Waals surface area (Å²) in [7, 11) is 0. The Morgan fingerprint density at radius 2 is 1.92 bits per heavy atom. The van der Waals surface area contributed by atoms with Crippen molar-refractivity contribution in [2.24, 2.45) is 0 Å². The van der Waals surface area contributed by atoms with Crippen LogP contribution in [0.5, 0.6) is 0 Å². The third-order valence-electron chi connectivity index (χ3n) is 3.75. The first kappa shape index (κ1) is 21.3. The van der Waals surface area contributed by atoms with Crippen molar-refractivity contribution in [3.8, 4) is 0 Å². The zero-order valence-electron chi connectivity index (χ0n) is 15.7. The molecule has 1 saturated heterocycles. The van der Waals surface area contributed by atoms with Gasteiger partial charge in [0.2, 0.25) is 0 Å². The molecule has 1 amide bonds. The number of ether oxygens (including phenoxy) is 1. The number of hydrogen-bond donors (Lipinski definition) is 1. The number of aromatic carboxylic acids is 1. The molecule has 8 nitrogen and oxygen atoms in total. The molecule has 132 valence electrons. The number of carbonyl (C=O) groups is 2. The number of hydrogen-bond acceptors (Lipinski definition) is 7. The molecule has 1 aliphatic heterocycles. The maximum Gasteiger partial charge on any atom is 1.00 e. The number of rotatable bonds is 3. The van der Waals surface area contributed by atoms with Gasteiger partial charge in [0.25, 0.3) is 0 Å². The maximum absolute atomic E-state index is 11.9. The van der Waals surface area contributed by atoms with Crippen molar-refractivity contribution >= 4 is 17.9 Å². The van der Waals surface area contributed by atoms with Gasteiger partial charge in [0.1, 0.15) is 17.4 Å². The number of anilines is 1. The Morgan fingerprint density at radius 1 is 1.28 bits per heavy atom. The van der Waals surface area contributed by atoms with Crippen LogP contribution >= 0.6 is 0 Å². The van der Waals surface area contributed by atoms with Crippen LogP contribution in [-0.4, -0.2) is 46.8 Å². The van der Waals surface area contributed by atoms with Gasteiger partial charge in [-0.1, -0.05) is 0 Å². The fourth-order valence-corrected chi connectivity index (χ4v) is 2.56. The Labute approximate surface area is 159 Å². The quantitative estimate of drug-likeness (QED) is 0.608. The number of amides is 1. The standard InChI is InChI=1S/C16H24N4O4.Li/c1-9-10(2)17-12(14(21)22)19-13(9)20-7-6-11(8-20)18-15(23)24-16(3,4)5;/h11H,6-8H2,1-5H3,(H,18,23)(H,21,22);/q;+1/p-1/t11-;/m1./s1. The predicted octanol–water partition coefficient (Wildman–Crippen LogP) is -2.44. The Morgan fingerprint density at radius 3 is 2.48 bits per heavy atom. The van der Waals surface area contributed by atoms with E-state index in [1.165, 1.54) is 0 Å². The molecule has 1 atom stereocenters. The van der Waals surface area contributed by atoms with E-state index >= 15 is 0 Å². The minimum absolute atomic E-state index is 0. The molecule has 25 heavy (non-hydrogen) atoms. The maximum atomic E-state index is 11.9. The zero-order chi connectivity index (χ0) is 18.1. The van der Waals surface area contributed by atoms with Gasteiger partial charge in [-0.05, 0) is 41.0 Å². The van der Waals surface area contributed by atoms with E-state index in [9.17, 15) is 14.7 Å². The van der Waals surface area contributed by atoms with Crippen LogP contribution in [0.15, 0.2) is 0 Å². The molecular formula is C16H23LiN4O4. The molecule has 2 heterocycles. The predicted molar refractivity (Wildman–Crippen MR) is 85.8 cm³/mol. The molecule has 0 aromatic carbocycles. The Balaban J connectivity index is 0.00000312. The van der Waals surface area contributed by atoms with Gasteiger partial charge in [0.05, 0.1) is 6.04 Å². The third-order valence-corrected chi connectivity index (χ3v) is 3.75. The van der Waals surface area contributed by atoms with E-state index in [0.717, 1.165) is 12.0 Å². The summed E-state index contributed by atoms with van der Waals surface area (Å²) in [4.78, 5) is 32.9. The molecule has 0 saturated carbocycles. The van der Waals surface area contributed by atoms with Gasteiger partial charge in [-0.3, -0.25) is 0 Å². The number of aromatic nitrogens is 2.